The van der Waals surface area contributed by atoms with Gasteiger partial charge in [-0.05, 0) is 36.1 Å². The maximum absolute atomic E-state index is 13.6. The number of fused-ring (bicyclic) bond motifs is 1. The molecular weight excluding hydrogens is 480 g/mol. The lowest BCUT2D eigenvalue weighted by atomic mass is 10.1. The summed E-state index contributed by atoms with van der Waals surface area (Å²) in [4.78, 5) is 36.6. The molecule has 0 atom stereocenters. The number of nitro groups is 1. The number of nitrogens with zero attached hydrogens (tertiary/aromatic N) is 4. The molecule has 0 amide bonds. The largest absolute Gasteiger partial charge is 0.482 e. The molecule has 0 aliphatic rings. The predicted molar refractivity (Wildman–Crippen MR) is 136 cm³/mol. The number of Topliss-reactive ketones (excluding diaryl/α,β-unsaturated/α-hetero) is 1. The normalized spacial score (nSPS) is 11.0. The van der Waals surface area contributed by atoms with E-state index in [9.17, 15) is 19.7 Å². The number of carbonyl (C=O) groups excluding carboxylic acids is 1. The molecule has 36 heavy (non-hydrogen) atoms. The molecule has 0 N–H and O–H groups in total. The van der Waals surface area contributed by atoms with E-state index in [-0.39, 0.29) is 30.4 Å². The third-order valence-corrected chi connectivity index (χ3v) is 6.63. The Kier molecular flexibility index (Phi) is 6.17. The first kappa shape index (κ1) is 23.2. The maximum atomic E-state index is 13.6. The van der Waals surface area contributed by atoms with Gasteiger partial charge in [-0.2, -0.15) is 5.10 Å². The number of benzene rings is 2. The van der Waals surface area contributed by atoms with Crippen LogP contribution in [0.4, 0.5) is 5.69 Å². The summed E-state index contributed by atoms with van der Waals surface area (Å²) in [5.74, 6) is -0.204. The van der Waals surface area contributed by atoms with Gasteiger partial charge in [-0.3, -0.25) is 24.3 Å². The Morgan fingerprint density at radius 2 is 1.83 bits per heavy atom. The molecule has 0 spiro atoms. The van der Waals surface area contributed by atoms with Gasteiger partial charge in [0, 0.05) is 23.9 Å². The van der Waals surface area contributed by atoms with Crippen LogP contribution in [-0.4, -0.2) is 25.1 Å². The van der Waals surface area contributed by atoms with Gasteiger partial charge in [-0.15, -0.1) is 11.3 Å². The molecule has 5 aromatic rings. The number of ether oxygens (including phenoxy) is 1. The summed E-state index contributed by atoms with van der Waals surface area (Å²) in [5, 5.41) is 17.1. The molecule has 10 heteroatoms. The Hall–Kier alpha value is -4.57. The van der Waals surface area contributed by atoms with Gasteiger partial charge in [-0.1, -0.05) is 30.3 Å². The number of hydrogen-bond acceptors (Lipinski definition) is 7. The smallest absolute Gasteiger partial charge is 0.294 e. The summed E-state index contributed by atoms with van der Waals surface area (Å²) in [5.41, 5.74) is 2.81. The molecule has 3 heterocycles. The van der Waals surface area contributed by atoms with Crippen LogP contribution in [0.2, 0.25) is 0 Å². The summed E-state index contributed by atoms with van der Waals surface area (Å²) in [6.45, 7) is 1.80. The van der Waals surface area contributed by atoms with Crippen LogP contribution in [0.3, 0.4) is 0 Å². The zero-order chi connectivity index (χ0) is 25.2. The van der Waals surface area contributed by atoms with Crippen LogP contribution in [0.5, 0.6) is 5.75 Å². The standard InChI is InChI=1S/C26H20N4O5S/c1-17(31)23-24(35-16-18-5-3-2-4-6-18)26(32)28(22-11-12-36-25(22)23)14-19-13-27-29(15-19)20-7-9-21(10-8-20)30(33)34/h2-13,15H,14,16H2,1H3. The molecule has 3 aromatic heterocycles. The lowest BCUT2D eigenvalue weighted by Gasteiger charge is -2.15. The molecule has 180 valence electrons. The van der Waals surface area contributed by atoms with E-state index in [4.69, 9.17) is 4.74 Å². The van der Waals surface area contributed by atoms with Gasteiger partial charge >= 0.3 is 0 Å². The van der Waals surface area contributed by atoms with E-state index in [1.54, 1.807) is 33.8 Å². The molecular formula is C26H20N4O5S. The third-order valence-electron chi connectivity index (χ3n) is 5.71. The summed E-state index contributed by atoms with van der Waals surface area (Å²) >= 11 is 1.38. The number of hydrogen-bond donors (Lipinski definition) is 0. The quantitative estimate of drug-likeness (QED) is 0.169. The average molecular weight is 501 g/mol. The van der Waals surface area contributed by atoms with Crippen LogP contribution in [-0.2, 0) is 13.2 Å². The summed E-state index contributed by atoms with van der Waals surface area (Å²) < 4.78 is 9.81. The van der Waals surface area contributed by atoms with E-state index in [1.165, 1.54) is 30.4 Å². The van der Waals surface area contributed by atoms with Crippen LogP contribution >= 0.6 is 11.3 Å². The zero-order valence-corrected chi connectivity index (χ0v) is 20.0. The average Bonchev–Trinajstić information content (AvgIpc) is 3.55. The Bertz CT molecular complexity index is 1630. The predicted octanol–water partition coefficient (Wildman–Crippen LogP) is 4.99. The van der Waals surface area contributed by atoms with Crippen LogP contribution in [0.25, 0.3) is 15.9 Å². The molecule has 0 saturated heterocycles. The number of pyridine rings is 1. The second kappa shape index (κ2) is 9.59. The first-order chi connectivity index (χ1) is 17.4. The SMILES string of the molecule is CC(=O)c1c(OCc2ccccc2)c(=O)n(Cc2cnn(-c3ccc([N+](=O)[O-])cc3)c2)c2ccsc12. The first-order valence-corrected chi connectivity index (χ1v) is 11.9. The van der Waals surface area contributed by atoms with Crippen molar-refractivity contribution < 1.29 is 14.5 Å². The van der Waals surface area contributed by atoms with Gasteiger partial charge in [0.25, 0.3) is 11.2 Å². The number of aromatic nitrogens is 3. The van der Waals surface area contributed by atoms with Gasteiger partial charge in [-0.25, -0.2) is 4.68 Å². The molecule has 0 saturated carbocycles. The first-order valence-electron chi connectivity index (χ1n) is 11.0. The fourth-order valence-corrected chi connectivity index (χ4v) is 4.96. The van der Waals surface area contributed by atoms with Gasteiger partial charge in [0.1, 0.15) is 6.61 Å². The van der Waals surface area contributed by atoms with Crippen molar-refractivity contribution in [2.75, 3.05) is 0 Å². The summed E-state index contributed by atoms with van der Waals surface area (Å²) in [6, 6.07) is 17.3. The molecule has 9 nitrogen and oxygen atoms in total. The number of rotatable bonds is 8. The monoisotopic (exact) mass is 500 g/mol. The van der Waals surface area contributed by atoms with Crippen molar-refractivity contribution >= 4 is 33.0 Å². The molecule has 0 fully saturated rings. The minimum Gasteiger partial charge on any atom is -0.482 e. The van der Waals surface area contributed by atoms with Crippen molar-refractivity contribution in [1.29, 1.82) is 0 Å². The fraction of sp³-hybridized carbons (Fsp3) is 0.115. The van der Waals surface area contributed by atoms with Crippen LogP contribution in [0, 0.1) is 10.1 Å². The van der Waals surface area contributed by atoms with E-state index in [0.717, 1.165) is 11.1 Å². The number of ketones is 1. The minimum absolute atomic E-state index is 0.00822. The second-order valence-corrected chi connectivity index (χ2v) is 9.04. The second-order valence-electron chi connectivity index (χ2n) is 8.13. The van der Waals surface area contributed by atoms with E-state index in [1.807, 2.05) is 41.8 Å². The van der Waals surface area contributed by atoms with E-state index >= 15 is 0 Å². The van der Waals surface area contributed by atoms with Crippen LogP contribution in [0.1, 0.15) is 28.4 Å². The lowest BCUT2D eigenvalue weighted by Crippen LogP contribution is -2.25. The number of carbonyl (C=O) groups is 1. The van der Waals surface area contributed by atoms with Crippen LogP contribution < -0.4 is 10.3 Å². The number of non-ortho nitro benzene ring substituents is 1. The summed E-state index contributed by atoms with van der Waals surface area (Å²) in [7, 11) is 0. The molecule has 0 unspecified atom stereocenters. The minimum atomic E-state index is -0.459. The van der Waals surface area contributed by atoms with Crippen molar-refractivity contribution in [3.63, 3.8) is 0 Å². The fourth-order valence-electron chi connectivity index (χ4n) is 3.98. The summed E-state index contributed by atoms with van der Waals surface area (Å²) in [6.07, 6.45) is 3.39. The molecule has 5 rings (SSSR count). The highest BCUT2D eigenvalue weighted by Gasteiger charge is 2.23. The highest BCUT2D eigenvalue weighted by Crippen LogP contribution is 2.31. The van der Waals surface area contributed by atoms with Crippen molar-refractivity contribution in [2.45, 2.75) is 20.1 Å². The van der Waals surface area contributed by atoms with Crippen molar-refractivity contribution in [3.8, 4) is 11.4 Å². The van der Waals surface area contributed by atoms with Gasteiger partial charge < -0.3 is 4.74 Å². The Morgan fingerprint density at radius 1 is 1.08 bits per heavy atom. The number of thiophene rings is 1. The van der Waals surface area contributed by atoms with E-state index < -0.39 is 10.5 Å². The Labute approximate surface area is 209 Å². The molecule has 0 aliphatic heterocycles. The lowest BCUT2D eigenvalue weighted by molar-refractivity contribution is -0.384. The topological polar surface area (TPSA) is 109 Å². The Balaban J connectivity index is 1.52. The van der Waals surface area contributed by atoms with E-state index in [2.05, 4.69) is 5.10 Å². The van der Waals surface area contributed by atoms with Gasteiger partial charge in [0.15, 0.2) is 11.5 Å². The number of nitro benzene ring substituents is 1. The molecule has 0 aliphatic carbocycles. The third kappa shape index (κ3) is 4.41. The Morgan fingerprint density at radius 3 is 2.53 bits per heavy atom. The maximum Gasteiger partial charge on any atom is 0.294 e. The highest BCUT2D eigenvalue weighted by molar-refractivity contribution is 7.17. The highest BCUT2D eigenvalue weighted by atomic mass is 32.1. The van der Waals surface area contributed by atoms with Crippen molar-refractivity contribution in [1.82, 2.24) is 14.3 Å². The van der Waals surface area contributed by atoms with Crippen molar-refractivity contribution in [3.05, 3.63) is 116 Å². The molecule has 0 radical (unpaired) electrons. The van der Waals surface area contributed by atoms with Gasteiger partial charge in [0.2, 0.25) is 0 Å². The molecule has 0 bridgehead atoms. The van der Waals surface area contributed by atoms with E-state index in [0.29, 0.717) is 21.5 Å². The van der Waals surface area contributed by atoms with Crippen molar-refractivity contribution in [2.24, 2.45) is 0 Å². The molecule has 2 aromatic carbocycles. The van der Waals surface area contributed by atoms with Crippen LogP contribution in [0.15, 0.2) is 83.2 Å². The zero-order valence-electron chi connectivity index (χ0n) is 19.2. The van der Waals surface area contributed by atoms with Gasteiger partial charge in [0.05, 0.1) is 39.1 Å².